The average Bonchev–Trinajstić information content (AvgIpc) is 2.87. The summed E-state index contributed by atoms with van der Waals surface area (Å²) in [4.78, 5) is 26.3. The highest BCUT2D eigenvalue weighted by atomic mass is 16.6. The molecule has 0 aliphatic carbocycles. The van der Waals surface area contributed by atoms with Crippen LogP contribution in [0.1, 0.15) is 18.9 Å². The van der Waals surface area contributed by atoms with Crippen LogP contribution in [0.5, 0.6) is 0 Å². The van der Waals surface area contributed by atoms with E-state index in [2.05, 4.69) is 0 Å². The van der Waals surface area contributed by atoms with Gasteiger partial charge in [-0.25, -0.2) is 0 Å². The number of hydrogen-bond donors (Lipinski definition) is 1. The number of amides is 1. The van der Waals surface area contributed by atoms with Crippen LogP contribution in [0.25, 0.3) is 0 Å². The molecule has 2 rings (SSSR count). The van der Waals surface area contributed by atoms with Gasteiger partial charge in [0.05, 0.1) is 23.3 Å². The van der Waals surface area contributed by atoms with Crippen LogP contribution in [-0.2, 0) is 11.2 Å². The van der Waals surface area contributed by atoms with Crippen molar-refractivity contribution in [2.24, 2.45) is 0 Å². The molecule has 0 aromatic heterocycles. The first kappa shape index (κ1) is 16.4. The standard InChI is InChI=1S/C15H21N3O4/c1-11(19)5-7-16(2)10-15(20)17-8-6-12-3-4-13(18(21)22)9-14(12)17/h3-4,9,11,19H,5-8,10H2,1-2H3. The number of nitrogens with zero attached hydrogens (tertiary/aromatic N) is 3. The monoisotopic (exact) mass is 307 g/mol. The molecular weight excluding hydrogens is 286 g/mol. The summed E-state index contributed by atoms with van der Waals surface area (Å²) in [5.74, 6) is -0.0765. The summed E-state index contributed by atoms with van der Waals surface area (Å²) in [6, 6.07) is 4.66. The number of benzene rings is 1. The van der Waals surface area contributed by atoms with Crippen molar-refractivity contribution >= 4 is 17.3 Å². The fraction of sp³-hybridized carbons (Fsp3) is 0.533. The van der Waals surface area contributed by atoms with Gasteiger partial charge in [0.25, 0.3) is 5.69 Å². The van der Waals surface area contributed by atoms with Crippen molar-refractivity contribution < 1.29 is 14.8 Å². The highest BCUT2D eigenvalue weighted by molar-refractivity contribution is 5.97. The Morgan fingerprint density at radius 1 is 1.55 bits per heavy atom. The number of nitro groups is 1. The number of likely N-dealkylation sites (N-methyl/N-ethyl adjacent to an activating group) is 1. The number of anilines is 1. The number of non-ortho nitro benzene ring substituents is 1. The molecule has 7 heteroatoms. The van der Waals surface area contributed by atoms with Gasteiger partial charge < -0.3 is 10.0 Å². The van der Waals surface area contributed by atoms with Gasteiger partial charge in [-0.3, -0.25) is 19.8 Å². The second-order valence-electron chi connectivity index (χ2n) is 5.74. The Morgan fingerprint density at radius 3 is 2.91 bits per heavy atom. The Labute approximate surface area is 129 Å². The van der Waals surface area contributed by atoms with E-state index in [0.717, 1.165) is 12.0 Å². The normalized spacial score (nSPS) is 15.0. The molecule has 0 fully saturated rings. The first-order chi connectivity index (χ1) is 10.4. The Kier molecular flexibility index (Phi) is 5.10. The molecule has 1 N–H and O–H groups in total. The summed E-state index contributed by atoms with van der Waals surface area (Å²) in [6.07, 6.45) is 0.926. The number of aliphatic hydroxyl groups excluding tert-OH is 1. The van der Waals surface area contributed by atoms with Crippen molar-refractivity contribution in [3.63, 3.8) is 0 Å². The predicted molar refractivity (Wildman–Crippen MR) is 82.9 cm³/mol. The van der Waals surface area contributed by atoms with Crippen molar-refractivity contribution in [1.82, 2.24) is 4.90 Å². The molecule has 1 aliphatic heterocycles. The molecule has 0 saturated carbocycles. The summed E-state index contributed by atoms with van der Waals surface area (Å²) in [6.45, 7) is 3.12. The Hall–Kier alpha value is -1.99. The van der Waals surface area contributed by atoms with Crippen LogP contribution in [-0.4, -0.2) is 53.6 Å². The summed E-state index contributed by atoms with van der Waals surface area (Å²) in [7, 11) is 1.82. The lowest BCUT2D eigenvalue weighted by atomic mass is 10.1. The third-order valence-corrected chi connectivity index (χ3v) is 3.81. The lowest BCUT2D eigenvalue weighted by molar-refractivity contribution is -0.384. The van der Waals surface area contributed by atoms with Crippen molar-refractivity contribution in [3.05, 3.63) is 33.9 Å². The number of rotatable bonds is 6. The van der Waals surface area contributed by atoms with Crippen LogP contribution < -0.4 is 4.90 Å². The molecule has 7 nitrogen and oxygen atoms in total. The maximum atomic E-state index is 12.4. The van der Waals surface area contributed by atoms with E-state index in [-0.39, 0.29) is 18.1 Å². The van der Waals surface area contributed by atoms with Gasteiger partial charge in [0.1, 0.15) is 0 Å². The van der Waals surface area contributed by atoms with E-state index >= 15 is 0 Å². The fourth-order valence-corrected chi connectivity index (χ4v) is 2.54. The molecule has 0 bridgehead atoms. The van der Waals surface area contributed by atoms with Crippen LogP contribution in [0.3, 0.4) is 0 Å². The molecule has 1 aliphatic rings. The van der Waals surface area contributed by atoms with Crippen LogP contribution in [0, 0.1) is 10.1 Å². The number of hydrogen-bond acceptors (Lipinski definition) is 5. The van der Waals surface area contributed by atoms with E-state index in [1.807, 2.05) is 11.9 Å². The lowest BCUT2D eigenvalue weighted by Crippen LogP contribution is -2.38. The van der Waals surface area contributed by atoms with E-state index in [4.69, 9.17) is 0 Å². The maximum absolute atomic E-state index is 12.4. The first-order valence-corrected chi connectivity index (χ1v) is 7.32. The zero-order valence-corrected chi connectivity index (χ0v) is 12.9. The Morgan fingerprint density at radius 2 is 2.27 bits per heavy atom. The van der Waals surface area contributed by atoms with E-state index < -0.39 is 11.0 Å². The van der Waals surface area contributed by atoms with Gasteiger partial charge in [-0.1, -0.05) is 6.07 Å². The van der Waals surface area contributed by atoms with Crippen LogP contribution in [0.2, 0.25) is 0 Å². The van der Waals surface area contributed by atoms with Gasteiger partial charge in [0.2, 0.25) is 5.91 Å². The molecule has 1 aromatic rings. The third-order valence-electron chi connectivity index (χ3n) is 3.81. The van der Waals surface area contributed by atoms with Gasteiger partial charge >= 0.3 is 0 Å². The predicted octanol–water partition coefficient (Wildman–Crippen LogP) is 1.19. The maximum Gasteiger partial charge on any atom is 0.271 e. The van der Waals surface area contributed by atoms with Crippen molar-refractivity contribution in [3.8, 4) is 0 Å². The zero-order valence-electron chi connectivity index (χ0n) is 12.9. The van der Waals surface area contributed by atoms with Crippen LogP contribution >= 0.6 is 0 Å². The minimum absolute atomic E-state index is 0.000842. The second-order valence-corrected chi connectivity index (χ2v) is 5.74. The molecule has 1 atom stereocenters. The van der Waals surface area contributed by atoms with E-state index in [1.54, 1.807) is 17.9 Å². The largest absolute Gasteiger partial charge is 0.393 e. The van der Waals surface area contributed by atoms with Crippen LogP contribution in [0.4, 0.5) is 11.4 Å². The molecule has 1 aromatic carbocycles. The first-order valence-electron chi connectivity index (χ1n) is 7.32. The third kappa shape index (κ3) is 3.80. The summed E-state index contributed by atoms with van der Waals surface area (Å²) >= 11 is 0. The molecule has 0 spiro atoms. The van der Waals surface area contributed by atoms with Crippen molar-refractivity contribution in [1.29, 1.82) is 0 Å². The second kappa shape index (κ2) is 6.85. The van der Waals surface area contributed by atoms with Crippen LogP contribution in [0.15, 0.2) is 18.2 Å². The van der Waals surface area contributed by atoms with Crippen molar-refractivity contribution in [2.45, 2.75) is 25.9 Å². The van der Waals surface area contributed by atoms with Gasteiger partial charge in [0, 0.05) is 25.2 Å². The smallest absolute Gasteiger partial charge is 0.271 e. The van der Waals surface area contributed by atoms with Gasteiger partial charge in [0.15, 0.2) is 0 Å². The van der Waals surface area contributed by atoms with E-state index in [0.29, 0.717) is 25.2 Å². The quantitative estimate of drug-likeness (QED) is 0.630. The fourth-order valence-electron chi connectivity index (χ4n) is 2.54. The number of carbonyl (C=O) groups is 1. The topological polar surface area (TPSA) is 86.9 Å². The lowest BCUT2D eigenvalue weighted by Gasteiger charge is -2.22. The molecule has 22 heavy (non-hydrogen) atoms. The average molecular weight is 307 g/mol. The molecule has 1 unspecified atom stereocenters. The van der Waals surface area contributed by atoms with E-state index in [1.165, 1.54) is 12.1 Å². The number of aliphatic hydroxyl groups is 1. The van der Waals surface area contributed by atoms with Gasteiger partial charge in [-0.05, 0) is 32.4 Å². The minimum atomic E-state index is -0.448. The van der Waals surface area contributed by atoms with Gasteiger partial charge in [-0.15, -0.1) is 0 Å². The summed E-state index contributed by atoms with van der Waals surface area (Å²) in [5.41, 5.74) is 1.61. The molecule has 1 amide bonds. The summed E-state index contributed by atoms with van der Waals surface area (Å²) < 4.78 is 0. The summed E-state index contributed by atoms with van der Waals surface area (Å²) in [5, 5.41) is 20.1. The molecule has 0 saturated heterocycles. The van der Waals surface area contributed by atoms with Crippen molar-refractivity contribution in [2.75, 3.05) is 31.6 Å². The highest BCUT2D eigenvalue weighted by Crippen LogP contribution is 2.31. The Bertz CT molecular complexity index is 574. The zero-order chi connectivity index (χ0) is 16.3. The SMILES string of the molecule is CC(O)CCN(C)CC(=O)N1CCc2ccc([N+](=O)[O-])cc21. The number of carbonyl (C=O) groups excluding carboxylic acids is 1. The number of fused-ring (bicyclic) bond motifs is 1. The van der Waals surface area contributed by atoms with Gasteiger partial charge in [-0.2, -0.15) is 0 Å². The molecule has 120 valence electrons. The minimum Gasteiger partial charge on any atom is -0.393 e. The molecular formula is C15H21N3O4. The molecule has 1 heterocycles. The Balaban J connectivity index is 2.04. The number of nitro benzene ring substituents is 1. The molecule has 0 radical (unpaired) electrons. The van der Waals surface area contributed by atoms with E-state index in [9.17, 15) is 20.0 Å². The highest BCUT2D eigenvalue weighted by Gasteiger charge is 2.27.